The third-order valence-corrected chi connectivity index (χ3v) is 5.60. The molecule has 1 N–H and O–H groups in total. The van der Waals surface area contributed by atoms with Crippen LogP contribution < -0.4 is 4.74 Å². The largest absolute Gasteiger partial charge is 0.467 e. The average Bonchev–Trinajstić information content (AvgIpc) is 3.33. The first-order valence-corrected chi connectivity index (χ1v) is 10.6. The fraction of sp³-hybridized carbons (Fsp3) is 0.125. The second-order valence-corrected chi connectivity index (χ2v) is 8.04. The van der Waals surface area contributed by atoms with Crippen molar-refractivity contribution < 1.29 is 19.4 Å². The molecule has 0 aliphatic carbocycles. The minimum atomic E-state index is -2.06. The van der Waals surface area contributed by atoms with Gasteiger partial charge in [-0.3, -0.25) is 0 Å². The van der Waals surface area contributed by atoms with E-state index in [-0.39, 0.29) is 17.1 Å². The van der Waals surface area contributed by atoms with E-state index in [1.54, 1.807) is 42.5 Å². The van der Waals surface area contributed by atoms with Gasteiger partial charge in [0.15, 0.2) is 0 Å². The Bertz CT molecular complexity index is 1260. The Morgan fingerprint density at radius 3 is 2.52 bits per heavy atom. The monoisotopic (exact) mass is 483 g/mol. The lowest BCUT2D eigenvalue weighted by molar-refractivity contribution is -0.165. The van der Waals surface area contributed by atoms with Crippen LogP contribution in [0.1, 0.15) is 5.56 Å². The molecule has 168 valence electrons. The molecule has 1 unspecified atom stereocenters. The highest BCUT2D eigenvalue weighted by Crippen LogP contribution is 2.38. The van der Waals surface area contributed by atoms with E-state index in [9.17, 15) is 9.90 Å². The Labute approximate surface area is 200 Å². The Hall–Kier alpha value is -3.39. The number of halogens is 2. The topological polar surface area (TPSA) is 86.5 Å². The van der Waals surface area contributed by atoms with Gasteiger partial charge in [-0.1, -0.05) is 53.5 Å². The lowest BCUT2D eigenvalue weighted by Crippen LogP contribution is -2.41. The van der Waals surface area contributed by atoms with Crippen molar-refractivity contribution in [2.45, 2.75) is 12.1 Å². The van der Waals surface area contributed by atoms with Gasteiger partial charge < -0.3 is 14.6 Å². The molecular formula is C24H19Cl2N3O4. The summed E-state index contributed by atoms with van der Waals surface area (Å²) in [5.41, 5.74) is -0.358. The zero-order valence-corrected chi connectivity index (χ0v) is 19.0. The summed E-state index contributed by atoms with van der Waals surface area (Å²) in [5.74, 6) is 0.371. The number of rotatable bonds is 7. The van der Waals surface area contributed by atoms with E-state index < -0.39 is 11.6 Å². The van der Waals surface area contributed by atoms with Crippen molar-refractivity contribution in [3.05, 3.63) is 95.0 Å². The Balaban J connectivity index is 1.70. The number of hydrogen-bond donors (Lipinski definition) is 1. The highest BCUT2D eigenvalue weighted by Gasteiger charge is 2.42. The van der Waals surface area contributed by atoms with E-state index in [1.165, 1.54) is 24.4 Å². The number of nitrogens with zero attached hydrogens (tertiary/aromatic N) is 3. The number of ether oxygens (including phenoxy) is 2. The number of benzene rings is 3. The third kappa shape index (κ3) is 4.85. The highest BCUT2D eigenvalue weighted by molar-refractivity contribution is 6.32. The van der Waals surface area contributed by atoms with Gasteiger partial charge in [0, 0.05) is 21.2 Å². The Kier molecular flexibility index (Phi) is 6.65. The number of para-hydroxylation sites is 1. The van der Waals surface area contributed by atoms with Crippen molar-refractivity contribution in [2.24, 2.45) is 0 Å². The lowest BCUT2D eigenvalue weighted by atomic mass is 9.91. The van der Waals surface area contributed by atoms with Crippen LogP contribution in [0.4, 0.5) is 0 Å². The quantitative estimate of drug-likeness (QED) is 0.367. The molecule has 0 aliphatic heterocycles. The van der Waals surface area contributed by atoms with Crippen molar-refractivity contribution in [2.75, 3.05) is 7.11 Å². The Morgan fingerprint density at radius 1 is 1.09 bits per heavy atom. The first-order chi connectivity index (χ1) is 15.9. The van der Waals surface area contributed by atoms with E-state index in [0.29, 0.717) is 16.5 Å². The number of aromatic nitrogens is 3. The van der Waals surface area contributed by atoms with Crippen molar-refractivity contribution in [1.29, 1.82) is 0 Å². The van der Waals surface area contributed by atoms with Gasteiger partial charge in [-0.15, -0.1) is 0 Å². The molecule has 0 fully saturated rings. The molecule has 0 saturated heterocycles. The van der Waals surface area contributed by atoms with Gasteiger partial charge in [-0.25, -0.2) is 14.5 Å². The summed E-state index contributed by atoms with van der Waals surface area (Å²) in [6.45, 7) is -0.213. The molecule has 0 saturated carbocycles. The molecule has 4 aromatic rings. The van der Waals surface area contributed by atoms with Crippen molar-refractivity contribution in [1.82, 2.24) is 14.8 Å². The van der Waals surface area contributed by atoms with Gasteiger partial charge in [0.2, 0.25) is 5.60 Å². The van der Waals surface area contributed by atoms with Gasteiger partial charge >= 0.3 is 5.97 Å². The number of carbonyl (C=O) groups excluding carboxylic acids is 1. The Morgan fingerprint density at radius 2 is 1.85 bits per heavy atom. The molecule has 0 aliphatic rings. The van der Waals surface area contributed by atoms with Crippen LogP contribution in [0.15, 0.2) is 79.4 Å². The minimum absolute atomic E-state index is 0.182. The van der Waals surface area contributed by atoms with Gasteiger partial charge in [0.1, 0.15) is 24.2 Å². The van der Waals surface area contributed by atoms with E-state index in [2.05, 4.69) is 10.1 Å². The second kappa shape index (κ2) is 9.62. The SMILES string of the molecule is COC(=O)C(O)(Cn1cncn1)c1ccc(-c2ccccc2Oc2ccc(Cl)cc2)cc1Cl. The molecule has 7 nitrogen and oxygen atoms in total. The smallest absolute Gasteiger partial charge is 0.344 e. The lowest BCUT2D eigenvalue weighted by Gasteiger charge is -2.26. The summed E-state index contributed by atoms with van der Waals surface area (Å²) in [4.78, 5) is 16.4. The molecular weight excluding hydrogens is 465 g/mol. The fourth-order valence-electron chi connectivity index (χ4n) is 3.42. The minimum Gasteiger partial charge on any atom is -0.467 e. The summed E-state index contributed by atoms with van der Waals surface area (Å²) in [5, 5.41) is 16.0. The van der Waals surface area contributed by atoms with E-state index in [0.717, 1.165) is 11.1 Å². The number of carbonyl (C=O) groups is 1. The van der Waals surface area contributed by atoms with Crippen molar-refractivity contribution in [3.8, 4) is 22.6 Å². The molecule has 0 radical (unpaired) electrons. The molecule has 1 aromatic heterocycles. The van der Waals surface area contributed by atoms with E-state index >= 15 is 0 Å². The van der Waals surface area contributed by atoms with Crippen LogP contribution in [0, 0.1) is 0 Å². The molecule has 9 heteroatoms. The maximum Gasteiger partial charge on any atom is 0.344 e. The molecule has 0 amide bonds. The summed E-state index contributed by atoms with van der Waals surface area (Å²) in [6.07, 6.45) is 2.69. The van der Waals surface area contributed by atoms with E-state index in [4.69, 9.17) is 32.7 Å². The molecule has 0 spiro atoms. The molecule has 1 heterocycles. The molecule has 4 rings (SSSR count). The van der Waals surface area contributed by atoms with E-state index in [1.807, 2.05) is 24.3 Å². The van der Waals surface area contributed by atoms with Gasteiger partial charge in [0.25, 0.3) is 0 Å². The zero-order valence-electron chi connectivity index (χ0n) is 17.5. The van der Waals surface area contributed by atoms with Crippen LogP contribution in [0.25, 0.3) is 11.1 Å². The first kappa shape index (κ1) is 22.8. The zero-order chi connectivity index (χ0) is 23.4. The van der Waals surface area contributed by atoms with Gasteiger partial charge in [-0.2, -0.15) is 5.10 Å². The van der Waals surface area contributed by atoms with Crippen LogP contribution >= 0.6 is 23.2 Å². The van der Waals surface area contributed by atoms with Crippen LogP contribution in [0.5, 0.6) is 11.5 Å². The number of methoxy groups -OCH3 is 1. The number of esters is 1. The van der Waals surface area contributed by atoms with Crippen molar-refractivity contribution >= 4 is 29.2 Å². The first-order valence-electron chi connectivity index (χ1n) is 9.87. The third-order valence-electron chi connectivity index (χ3n) is 5.03. The fourth-order valence-corrected chi connectivity index (χ4v) is 3.88. The maximum atomic E-state index is 12.5. The molecule has 3 aromatic carbocycles. The molecule has 33 heavy (non-hydrogen) atoms. The van der Waals surface area contributed by atoms with Gasteiger partial charge in [0.05, 0.1) is 13.7 Å². The van der Waals surface area contributed by atoms with Crippen LogP contribution in [-0.4, -0.2) is 33.0 Å². The van der Waals surface area contributed by atoms with Crippen LogP contribution in [0.3, 0.4) is 0 Å². The summed E-state index contributed by atoms with van der Waals surface area (Å²) in [7, 11) is 1.20. The van der Waals surface area contributed by atoms with Crippen molar-refractivity contribution in [3.63, 3.8) is 0 Å². The molecule has 1 atom stereocenters. The average molecular weight is 484 g/mol. The summed E-state index contributed by atoms with van der Waals surface area (Å²) in [6, 6.07) is 19.5. The summed E-state index contributed by atoms with van der Waals surface area (Å²) < 4.78 is 12.2. The van der Waals surface area contributed by atoms with Crippen LogP contribution in [0.2, 0.25) is 10.0 Å². The number of aliphatic hydroxyl groups is 1. The van der Waals surface area contributed by atoms with Crippen LogP contribution in [-0.2, 0) is 21.7 Å². The second-order valence-electron chi connectivity index (χ2n) is 7.19. The summed E-state index contributed by atoms with van der Waals surface area (Å²) >= 11 is 12.5. The van der Waals surface area contributed by atoms with Gasteiger partial charge in [-0.05, 0) is 42.0 Å². The predicted octanol–water partition coefficient (Wildman–Crippen LogP) is 5.11. The maximum absolute atomic E-state index is 12.5. The standard InChI is InChI=1S/C24H19Cl2N3O4/c1-32-23(30)24(31,13-29-15-27-14-28-29)20-11-6-16(12-21(20)26)19-4-2-3-5-22(19)33-18-9-7-17(25)8-10-18/h2-12,14-15,31H,13H2,1H3. The normalized spacial score (nSPS) is 12.7. The number of hydrogen-bond acceptors (Lipinski definition) is 6. The highest BCUT2D eigenvalue weighted by atomic mass is 35.5. The molecule has 0 bridgehead atoms. The predicted molar refractivity (Wildman–Crippen MR) is 124 cm³/mol.